The summed E-state index contributed by atoms with van der Waals surface area (Å²) in [6, 6.07) is 11.7. The van der Waals surface area contributed by atoms with Crippen LogP contribution in [0.25, 0.3) is 0 Å². The molecule has 176 valence electrons. The van der Waals surface area contributed by atoms with Crippen LogP contribution in [-0.2, 0) is 9.59 Å². The zero-order valence-corrected chi connectivity index (χ0v) is 19.1. The minimum Gasteiger partial charge on any atom is -0.495 e. The van der Waals surface area contributed by atoms with Gasteiger partial charge in [-0.15, -0.1) is 0 Å². The van der Waals surface area contributed by atoms with Crippen molar-refractivity contribution in [2.75, 3.05) is 25.5 Å². The molecular weight excluding hydrogens is 425 g/mol. The number of benzene rings is 2. The first-order valence-corrected chi connectivity index (χ1v) is 11.1. The second kappa shape index (κ2) is 10.9. The molecule has 1 aliphatic rings. The monoisotopic (exact) mass is 455 g/mol. The Balaban J connectivity index is 1.57. The van der Waals surface area contributed by atoms with E-state index in [2.05, 4.69) is 10.6 Å². The van der Waals surface area contributed by atoms with E-state index in [1.165, 1.54) is 24.3 Å². The number of nitrogens with one attached hydrogen (secondary N) is 2. The van der Waals surface area contributed by atoms with Gasteiger partial charge in [0.15, 0.2) is 0 Å². The van der Waals surface area contributed by atoms with Crippen LogP contribution in [0.1, 0.15) is 37.0 Å². The number of hydrogen-bond acceptors (Lipinski definition) is 4. The van der Waals surface area contributed by atoms with Crippen molar-refractivity contribution in [1.82, 2.24) is 10.2 Å². The molecule has 1 heterocycles. The number of nitrogens with zero attached hydrogens (tertiary/aromatic N) is 1. The maximum absolute atomic E-state index is 13.1. The van der Waals surface area contributed by atoms with Gasteiger partial charge in [0.05, 0.1) is 12.8 Å². The van der Waals surface area contributed by atoms with Crippen LogP contribution in [0.5, 0.6) is 5.75 Å². The fourth-order valence-corrected chi connectivity index (χ4v) is 3.88. The Morgan fingerprint density at radius 1 is 1.03 bits per heavy atom. The minimum atomic E-state index is -0.707. The molecule has 1 fully saturated rings. The average Bonchev–Trinajstić information content (AvgIpc) is 2.82. The number of amides is 3. The van der Waals surface area contributed by atoms with Gasteiger partial charge in [-0.05, 0) is 55.2 Å². The van der Waals surface area contributed by atoms with Crippen LogP contribution >= 0.6 is 0 Å². The van der Waals surface area contributed by atoms with E-state index in [1.54, 1.807) is 24.1 Å². The highest BCUT2D eigenvalue weighted by atomic mass is 19.1. The predicted molar refractivity (Wildman–Crippen MR) is 123 cm³/mol. The van der Waals surface area contributed by atoms with Crippen LogP contribution in [-0.4, -0.2) is 48.9 Å². The SMILES string of the molecule is COc1ccccc1NC(=O)C1CCN(C(=O)C(NC(=O)c2ccc(F)cc2)C(C)C)CC1. The summed E-state index contributed by atoms with van der Waals surface area (Å²) in [5.41, 5.74) is 0.911. The number of methoxy groups -OCH3 is 1. The van der Waals surface area contributed by atoms with Crippen molar-refractivity contribution < 1.29 is 23.5 Å². The largest absolute Gasteiger partial charge is 0.495 e. The van der Waals surface area contributed by atoms with E-state index >= 15 is 0 Å². The van der Waals surface area contributed by atoms with E-state index in [0.29, 0.717) is 42.9 Å². The van der Waals surface area contributed by atoms with Gasteiger partial charge in [-0.1, -0.05) is 26.0 Å². The standard InChI is InChI=1S/C25H30FN3O4/c1-16(2)22(28-24(31)17-8-10-19(26)11-9-17)25(32)29-14-12-18(13-15-29)23(30)27-20-6-4-5-7-21(20)33-3/h4-11,16,18,22H,12-15H2,1-3H3,(H,27,30)(H,28,31). The molecule has 0 spiro atoms. The molecule has 0 saturated carbocycles. The van der Waals surface area contributed by atoms with Gasteiger partial charge < -0.3 is 20.3 Å². The molecule has 1 unspecified atom stereocenters. The molecule has 2 aromatic carbocycles. The molecule has 0 aromatic heterocycles. The highest BCUT2D eigenvalue weighted by Gasteiger charge is 2.33. The van der Waals surface area contributed by atoms with Crippen molar-refractivity contribution in [2.24, 2.45) is 11.8 Å². The fraction of sp³-hybridized carbons (Fsp3) is 0.400. The summed E-state index contributed by atoms with van der Waals surface area (Å²) in [5.74, 6) is -0.886. The first-order valence-electron chi connectivity index (χ1n) is 11.1. The van der Waals surface area contributed by atoms with Gasteiger partial charge >= 0.3 is 0 Å². The number of carbonyl (C=O) groups is 3. The third-order valence-corrected chi connectivity index (χ3v) is 5.87. The molecule has 8 heteroatoms. The lowest BCUT2D eigenvalue weighted by atomic mass is 9.94. The molecular formula is C25H30FN3O4. The normalized spacial score (nSPS) is 15.1. The molecule has 2 aromatic rings. The highest BCUT2D eigenvalue weighted by molar-refractivity contribution is 5.98. The van der Waals surface area contributed by atoms with Gasteiger partial charge in [0.1, 0.15) is 17.6 Å². The van der Waals surface area contributed by atoms with Crippen molar-refractivity contribution in [1.29, 1.82) is 0 Å². The Morgan fingerprint density at radius 2 is 1.67 bits per heavy atom. The molecule has 3 amide bonds. The summed E-state index contributed by atoms with van der Waals surface area (Å²) in [6.45, 7) is 4.58. The zero-order chi connectivity index (χ0) is 24.0. The fourth-order valence-electron chi connectivity index (χ4n) is 3.88. The number of carbonyl (C=O) groups excluding carboxylic acids is 3. The number of rotatable bonds is 7. The number of para-hydroxylation sites is 2. The third-order valence-electron chi connectivity index (χ3n) is 5.87. The number of hydrogen-bond donors (Lipinski definition) is 2. The second-order valence-electron chi connectivity index (χ2n) is 8.49. The molecule has 1 aliphatic heterocycles. The van der Waals surface area contributed by atoms with Gasteiger partial charge in [-0.2, -0.15) is 0 Å². The van der Waals surface area contributed by atoms with Crippen LogP contribution in [0.15, 0.2) is 48.5 Å². The summed E-state index contributed by atoms with van der Waals surface area (Å²) in [4.78, 5) is 40.1. The van der Waals surface area contributed by atoms with Crippen molar-refractivity contribution >= 4 is 23.4 Å². The molecule has 3 rings (SSSR count). The van der Waals surface area contributed by atoms with Crippen molar-refractivity contribution in [3.63, 3.8) is 0 Å². The maximum atomic E-state index is 13.1. The topological polar surface area (TPSA) is 87.7 Å². The van der Waals surface area contributed by atoms with E-state index in [9.17, 15) is 18.8 Å². The summed E-state index contributed by atoms with van der Waals surface area (Å²) < 4.78 is 18.4. The van der Waals surface area contributed by atoms with Crippen LogP contribution in [0.2, 0.25) is 0 Å². The van der Waals surface area contributed by atoms with Gasteiger partial charge in [-0.3, -0.25) is 14.4 Å². The van der Waals surface area contributed by atoms with E-state index in [0.717, 1.165) is 0 Å². The molecule has 1 saturated heterocycles. The van der Waals surface area contributed by atoms with Crippen molar-refractivity contribution in [3.05, 3.63) is 59.9 Å². The molecule has 1 atom stereocenters. The molecule has 7 nitrogen and oxygen atoms in total. The number of piperidine rings is 1. The van der Waals surface area contributed by atoms with E-state index in [-0.39, 0.29) is 23.7 Å². The quantitative estimate of drug-likeness (QED) is 0.669. The minimum absolute atomic E-state index is 0.100. The maximum Gasteiger partial charge on any atom is 0.251 e. The number of likely N-dealkylation sites (tertiary alicyclic amines) is 1. The predicted octanol–water partition coefficient (Wildman–Crippen LogP) is 3.47. The number of halogens is 1. The molecule has 0 radical (unpaired) electrons. The van der Waals surface area contributed by atoms with E-state index < -0.39 is 17.8 Å². The average molecular weight is 456 g/mol. The lowest BCUT2D eigenvalue weighted by Gasteiger charge is -2.35. The number of ether oxygens (including phenoxy) is 1. The summed E-state index contributed by atoms with van der Waals surface area (Å²) >= 11 is 0. The Labute approximate surface area is 193 Å². The molecule has 0 bridgehead atoms. The van der Waals surface area contributed by atoms with Crippen LogP contribution in [0, 0.1) is 17.7 Å². The summed E-state index contributed by atoms with van der Waals surface area (Å²) in [6.07, 6.45) is 1.06. The Bertz CT molecular complexity index is 985. The lowest BCUT2D eigenvalue weighted by Crippen LogP contribution is -2.53. The van der Waals surface area contributed by atoms with Crippen molar-refractivity contribution in [2.45, 2.75) is 32.7 Å². The van der Waals surface area contributed by atoms with Crippen LogP contribution in [0.3, 0.4) is 0 Å². The van der Waals surface area contributed by atoms with Crippen LogP contribution in [0.4, 0.5) is 10.1 Å². The summed E-state index contributed by atoms with van der Waals surface area (Å²) in [7, 11) is 1.55. The number of anilines is 1. The van der Waals surface area contributed by atoms with E-state index in [1.807, 2.05) is 26.0 Å². The molecule has 2 N–H and O–H groups in total. The Morgan fingerprint density at radius 3 is 2.27 bits per heavy atom. The smallest absolute Gasteiger partial charge is 0.251 e. The highest BCUT2D eigenvalue weighted by Crippen LogP contribution is 2.26. The second-order valence-corrected chi connectivity index (χ2v) is 8.49. The summed E-state index contributed by atoms with van der Waals surface area (Å²) in [5, 5.41) is 5.70. The van der Waals surface area contributed by atoms with Gasteiger partial charge in [0.25, 0.3) is 5.91 Å². The van der Waals surface area contributed by atoms with Gasteiger partial charge in [0.2, 0.25) is 11.8 Å². The Hall–Kier alpha value is -3.42. The van der Waals surface area contributed by atoms with Gasteiger partial charge in [0, 0.05) is 24.6 Å². The first kappa shape index (κ1) is 24.2. The molecule has 33 heavy (non-hydrogen) atoms. The van der Waals surface area contributed by atoms with Crippen LogP contribution < -0.4 is 15.4 Å². The van der Waals surface area contributed by atoms with Gasteiger partial charge in [-0.25, -0.2) is 4.39 Å². The van der Waals surface area contributed by atoms with E-state index in [4.69, 9.17) is 4.74 Å². The lowest BCUT2D eigenvalue weighted by molar-refractivity contribution is -0.137. The third kappa shape index (κ3) is 6.09. The zero-order valence-electron chi connectivity index (χ0n) is 19.1. The first-order chi connectivity index (χ1) is 15.8. The Kier molecular flexibility index (Phi) is 8.03. The molecule has 0 aliphatic carbocycles. The van der Waals surface area contributed by atoms with Crippen molar-refractivity contribution in [3.8, 4) is 5.75 Å².